The van der Waals surface area contributed by atoms with Gasteiger partial charge in [-0.15, -0.1) is 5.10 Å². The van der Waals surface area contributed by atoms with Gasteiger partial charge in [0.1, 0.15) is 11.3 Å². The number of rotatable bonds is 9. The number of hydrogen-bond donors (Lipinski definition) is 2. The highest BCUT2D eigenvalue weighted by Crippen LogP contribution is 2.20. The maximum absolute atomic E-state index is 5.50. The van der Waals surface area contributed by atoms with Crippen molar-refractivity contribution in [1.29, 1.82) is 0 Å². The third-order valence-corrected chi connectivity index (χ3v) is 5.94. The number of fused-ring (bicyclic) bond motifs is 1. The monoisotopic (exact) mass is 447 g/mol. The number of ether oxygens (including phenoxy) is 1. The highest BCUT2D eigenvalue weighted by molar-refractivity contribution is 5.72. The van der Waals surface area contributed by atoms with E-state index in [0.29, 0.717) is 18.2 Å². The lowest BCUT2D eigenvalue weighted by atomic mass is 9.93. The summed E-state index contributed by atoms with van der Waals surface area (Å²) in [6, 6.07) is 9.62. The Kier molecular flexibility index (Phi) is 6.43. The van der Waals surface area contributed by atoms with Crippen molar-refractivity contribution in [3.8, 4) is 11.4 Å². The van der Waals surface area contributed by atoms with Crippen LogP contribution in [0.5, 0.6) is 5.75 Å². The highest BCUT2D eigenvalue weighted by Gasteiger charge is 2.13. The van der Waals surface area contributed by atoms with E-state index in [9.17, 15) is 0 Å². The molecule has 5 rings (SSSR count). The van der Waals surface area contributed by atoms with Crippen LogP contribution in [-0.2, 0) is 6.54 Å². The number of aryl methyl sites for hydroxylation is 1. The molecule has 2 N–H and O–H groups in total. The quantitative estimate of drug-likeness (QED) is 0.402. The molecule has 1 aliphatic heterocycles. The number of piperidine rings is 1. The van der Waals surface area contributed by atoms with Crippen LogP contribution in [0, 0.1) is 5.92 Å². The maximum atomic E-state index is 5.50. The van der Waals surface area contributed by atoms with Gasteiger partial charge >= 0.3 is 0 Å². The van der Waals surface area contributed by atoms with E-state index in [4.69, 9.17) is 4.74 Å². The fraction of sp³-hybridized carbons (Fsp3) is 0.435. The van der Waals surface area contributed by atoms with Crippen LogP contribution in [0.1, 0.15) is 32.6 Å². The molecule has 0 aliphatic carbocycles. The van der Waals surface area contributed by atoms with Crippen molar-refractivity contribution >= 4 is 22.9 Å². The van der Waals surface area contributed by atoms with Gasteiger partial charge in [0, 0.05) is 18.8 Å². The molecule has 1 saturated heterocycles. The molecule has 3 aromatic heterocycles. The minimum absolute atomic E-state index is 0.446. The zero-order valence-electron chi connectivity index (χ0n) is 18.8. The first-order valence-electron chi connectivity index (χ1n) is 11.6. The van der Waals surface area contributed by atoms with Gasteiger partial charge in [0.2, 0.25) is 11.6 Å². The number of nitrogens with zero attached hydrogens (tertiary/aromatic N) is 7. The van der Waals surface area contributed by atoms with E-state index >= 15 is 0 Å². The summed E-state index contributed by atoms with van der Waals surface area (Å²) in [4.78, 5) is 8.94. The average molecular weight is 448 g/mol. The molecule has 33 heavy (non-hydrogen) atoms. The van der Waals surface area contributed by atoms with Crippen molar-refractivity contribution in [2.75, 3.05) is 25.0 Å². The van der Waals surface area contributed by atoms with Crippen LogP contribution >= 0.6 is 0 Å². The predicted octanol–water partition coefficient (Wildman–Crippen LogP) is 3.33. The molecule has 0 unspecified atom stereocenters. The molecule has 4 heterocycles. The van der Waals surface area contributed by atoms with Crippen LogP contribution in [0.25, 0.3) is 16.9 Å². The molecule has 10 nitrogen and oxygen atoms in total. The van der Waals surface area contributed by atoms with E-state index in [-0.39, 0.29) is 0 Å². The van der Waals surface area contributed by atoms with Crippen molar-refractivity contribution in [2.45, 2.75) is 39.2 Å². The number of hydrogen-bond acceptors (Lipinski definition) is 8. The number of nitrogens with one attached hydrogen (secondary N) is 2. The molecular weight excluding hydrogens is 418 g/mol. The number of benzene rings is 1. The summed E-state index contributed by atoms with van der Waals surface area (Å²) in [5.74, 6) is 2.83. The Morgan fingerprint density at radius 3 is 2.82 bits per heavy atom. The van der Waals surface area contributed by atoms with Crippen molar-refractivity contribution in [1.82, 2.24) is 40.1 Å². The van der Waals surface area contributed by atoms with Gasteiger partial charge < -0.3 is 15.4 Å². The third kappa shape index (κ3) is 5.11. The molecule has 0 amide bonds. The summed E-state index contributed by atoms with van der Waals surface area (Å²) in [6.07, 6.45) is 8.68. The van der Waals surface area contributed by atoms with E-state index in [2.05, 4.69) is 36.0 Å². The normalized spacial score (nSPS) is 14.6. The summed E-state index contributed by atoms with van der Waals surface area (Å²) in [5.41, 5.74) is 2.12. The Balaban J connectivity index is 1.21. The van der Waals surface area contributed by atoms with Crippen LogP contribution in [0.15, 0.2) is 42.7 Å². The van der Waals surface area contributed by atoms with Crippen LogP contribution in [0.2, 0.25) is 0 Å². The Bertz CT molecular complexity index is 1180. The van der Waals surface area contributed by atoms with Crippen LogP contribution in [-0.4, -0.2) is 54.4 Å². The minimum atomic E-state index is 0.446. The molecule has 0 saturated carbocycles. The molecular formula is C23H29N9O. The number of anilines is 2. The fourth-order valence-corrected chi connectivity index (χ4v) is 4.21. The molecule has 172 valence electrons. The maximum Gasteiger partial charge on any atom is 0.230 e. The Hall–Kier alpha value is -3.53. The van der Waals surface area contributed by atoms with Gasteiger partial charge in [-0.25, -0.2) is 9.67 Å². The molecule has 1 fully saturated rings. The summed E-state index contributed by atoms with van der Waals surface area (Å²) < 4.78 is 9.19. The van der Waals surface area contributed by atoms with Gasteiger partial charge in [-0.1, -0.05) is 5.21 Å². The van der Waals surface area contributed by atoms with Crippen molar-refractivity contribution < 1.29 is 4.74 Å². The SMILES string of the molecule is CCOc1ccc(-n2nnc3nc(Nc4ccn(CCCC5CCNCC5)n4)ncc32)cc1. The summed E-state index contributed by atoms with van der Waals surface area (Å²) in [7, 11) is 0. The average Bonchev–Trinajstić information content (AvgIpc) is 3.47. The zero-order valence-corrected chi connectivity index (χ0v) is 18.8. The summed E-state index contributed by atoms with van der Waals surface area (Å²) >= 11 is 0. The molecule has 0 radical (unpaired) electrons. The van der Waals surface area contributed by atoms with E-state index in [0.717, 1.165) is 54.7 Å². The second-order valence-corrected chi connectivity index (χ2v) is 8.26. The molecule has 1 aromatic carbocycles. The minimum Gasteiger partial charge on any atom is -0.494 e. The first kappa shape index (κ1) is 21.3. The van der Waals surface area contributed by atoms with E-state index in [1.165, 1.54) is 19.3 Å². The molecule has 4 aromatic rings. The van der Waals surface area contributed by atoms with E-state index in [1.807, 2.05) is 48.1 Å². The smallest absolute Gasteiger partial charge is 0.230 e. The first-order valence-corrected chi connectivity index (χ1v) is 11.6. The molecule has 1 aliphatic rings. The topological polar surface area (TPSA) is 108 Å². The van der Waals surface area contributed by atoms with Gasteiger partial charge in [0.25, 0.3) is 0 Å². The van der Waals surface area contributed by atoms with E-state index < -0.39 is 0 Å². The number of aromatic nitrogens is 7. The van der Waals surface area contributed by atoms with Crippen molar-refractivity contribution in [3.05, 3.63) is 42.7 Å². The van der Waals surface area contributed by atoms with Crippen LogP contribution < -0.4 is 15.4 Å². The lowest BCUT2D eigenvalue weighted by Gasteiger charge is -2.22. The highest BCUT2D eigenvalue weighted by atomic mass is 16.5. The zero-order chi connectivity index (χ0) is 22.5. The Labute approximate surface area is 192 Å². The molecule has 10 heteroatoms. The van der Waals surface area contributed by atoms with E-state index in [1.54, 1.807) is 10.9 Å². The third-order valence-electron chi connectivity index (χ3n) is 5.94. The van der Waals surface area contributed by atoms with Gasteiger partial charge in [0.15, 0.2) is 5.82 Å². The lowest BCUT2D eigenvalue weighted by Crippen LogP contribution is -2.27. The standard InChI is InChI=1S/C23H29N9O/c1-2-33-19-7-5-18(6-8-19)32-20-16-25-23(27-22(20)28-30-32)26-21-11-15-31(29-21)14-3-4-17-9-12-24-13-10-17/h5-8,11,15-17,24H,2-4,9-10,12-14H2,1H3,(H,25,26,27,29). The second kappa shape index (κ2) is 9.95. The molecule has 0 spiro atoms. The van der Waals surface area contributed by atoms with Gasteiger partial charge in [0.05, 0.1) is 18.5 Å². The van der Waals surface area contributed by atoms with Crippen molar-refractivity contribution in [3.63, 3.8) is 0 Å². The second-order valence-electron chi connectivity index (χ2n) is 8.26. The van der Waals surface area contributed by atoms with Gasteiger partial charge in [-0.05, 0) is 75.9 Å². The summed E-state index contributed by atoms with van der Waals surface area (Å²) in [5, 5.41) is 19.6. The van der Waals surface area contributed by atoms with Crippen molar-refractivity contribution in [2.24, 2.45) is 5.92 Å². The molecule has 0 bridgehead atoms. The molecule has 0 atom stereocenters. The Morgan fingerprint density at radius 1 is 1.15 bits per heavy atom. The predicted molar refractivity (Wildman–Crippen MR) is 126 cm³/mol. The Morgan fingerprint density at radius 2 is 2.00 bits per heavy atom. The van der Waals surface area contributed by atoms with Crippen LogP contribution in [0.3, 0.4) is 0 Å². The fourth-order valence-electron chi connectivity index (χ4n) is 4.21. The summed E-state index contributed by atoms with van der Waals surface area (Å²) in [6.45, 7) is 5.81. The largest absolute Gasteiger partial charge is 0.494 e. The van der Waals surface area contributed by atoms with Gasteiger partial charge in [-0.2, -0.15) is 10.1 Å². The van der Waals surface area contributed by atoms with Gasteiger partial charge in [-0.3, -0.25) is 4.68 Å². The first-order chi connectivity index (χ1) is 16.3. The van der Waals surface area contributed by atoms with Crippen LogP contribution in [0.4, 0.5) is 11.8 Å². The lowest BCUT2D eigenvalue weighted by molar-refractivity contribution is 0.337.